The van der Waals surface area contributed by atoms with Crippen LogP contribution in [-0.4, -0.2) is 24.6 Å². The molecule has 156 valence electrons. The second-order valence-corrected chi connectivity index (χ2v) is 15.7. The van der Waals surface area contributed by atoms with Crippen LogP contribution >= 0.6 is 11.6 Å². The third-order valence-electron chi connectivity index (χ3n) is 7.66. The van der Waals surface area contributed by atoms with E-state index in [0.717, 1.165) is 0 Å². The first kappa shape index (κ1) is 23.4. The number of allylic oxidation sites excluding steroid dienone is 2. The van der Waals surface area contributed by atoms with E-state index < -0.39 is 24.2 Å². The minimum absolute atomic E-state index is 0.175. The molecule has 0 spiro atoms. The van der Waals surface area contributed by atoms with Crippen LogP contribution in [0, 0.1) is 22.7 Å². The van der Waals surface area contributed by atoms with Crippen LogP contribution in [0.2, 0.25) is 16.6 Å². The van der Waals surface area contributed by atoms with Crippen LogP contribution < -0.4 is 0 Å². The molecular weight excluding hydrogens is 386 g/mol. The Bertz CT molecular complexity index is 663. The molecule has 28 heavy (non-hydrogen) atoms. The van der Waals surface area contributed by atoms with Gasteiger partial charge >= 0.3 is 0 Å². The van der Waals surface area contributed by atoms with Crippen molar-refractivity contribution in [2.75, 3.05) is 0 Å². The Morgan fingerprint density at radius 2 is 1.64 bits per heavy atom. The fourth-order valence-electron chi connectivity index (χ4n) is 6.65. The monoisotopic (exact) mass is 421 g/mol. The molecule has 0 aromatic rings. The van der Waals surface area contributed by atoms with Gasteiger partial charge in [-0.2, -0.15) is 5.26 Å². The van der Waals surface area contributed by atoms with E-state index in [4.69, 9.17) is 16.0 Å². The second kappa shape index (κ2) is 7.74. The largest absolute Gasteiger partial charge is 0.407 e. The third kappa shape index (κ3) is 2.81. The summed E-state index contributed by atoms with van der Waals surface area (Å²) in [5.41, 5.74) is -0.530. The maximum absolute atomic E-state index is 13.1. The lowest BCUT2D eigenvalue weighted by molar-refractivity contribution is -0.123. The highest BCUT2D eigenvalue weighted by Gasteiger charge is 2.79. The zero-order chi connectivity index (χ0) is 21.5. The molecule has 0 saturated heterocycles. The lowest BCUT2D eigenvalue weighted by Crippen LogP contribution is -2.64. The smallest absolute Gasteiger partial charge is 0.201 e. The highest BCUT2D eigenvalue weighted by Crippen LogP contribution is 2.71. The molecular formula is C23H36ClNO2Si. The van der Waals surface area contributed by atoms with Crippen molar-refractivity contribution >= 4 is 25.7 Å². The summed E-state index contributed by atoms with van der Waals surface area (Å²) in [6.45, 7) is 21.2. The second-order valence-electron chi connectivity index (χ2n) is 9.70. The first-order valence-electron chi connectivity index (χ1n) is 10.5. The molecule has 2 saturated carbocycles. The van der Waals surface area contributed by atoms with E-state index in [9.17, 15) is 10.1 Å². The van der Waals surface area contributed by atoms with Gasteiger partial charge in [-0.1, -0.05) is 65.3 Å². The van der Waals surface area contributed by atoms with Crippen molar-refractivity contribution in [3.8, 4) is 6.07 Å². The first-order chi connectivity index (χ1) is 12.9. The van der Waals surface area contributed by atoms with E-state index in [0.29, 0.717) is 35.9 Å². The zero-order valence-corrected chi connectivity index (χ0v) is 20.1. The van der Waals surface area contributed by atoms with Gasteiger partial charge in [0.05, 0.1) is 6.07 Å². The predicted molar refractivity (Wildman–Crippen MR) is 119 cm³/mol. The predicted octanol–water partition coefficient (Wildman–Crippen LogP) is 6.55. The number of nitrogens with zero attached hydrogens (tertiary/aromatic N) is 1. The fraction of sp³-hybridized carbons (Fsp3) is 0.739. The highest BCUT2D eigenvalue weighted by atomic mass is 35.5. The number of hydrogen-bond donors (Lipinski definition) is 0. The van der Waals surface area contributed by atoms with Gasteiger partial charge in [0, 0.05) is 17.8 Å². The number of Topliss-reactive ketones (excluding diaryl/α,β-unsaturated/α-hetero) is 1. The Hall–Kier alpha value is -0.893. The van der Waals surface area contributed by atoms with Crippen molar-refractivity contribution in [1.29, 1.82) is 5.26 Å². The van der Waals surface area contributed by atoms with Crippen molar-refractivity contribution in [3.05, 3.63) is 25.3 Å². The molecule has 0 N–H and O–H groups in total. The number of alkyl halides is 1. The normalized spacial score (nSPS) is 31.6. The minimum Gasteiger partial charge on any atom is -0.407 e. The van der Waals surface area contributed by atoms with E-state index in [1.54, 1.807) is 0 Å². The summed E-state index contributed by atoms with van der Waals surface area (Å²) in [4.78, 5) is 11.9. The average Bonchev–Trinajstić information content (AvgIpc) is 2.93. The summed E-state index contributed by atoms with van der Waals surface area (Å²) in [7, 11) is -2.40. The molecule has 5 heteroatoms. The highest BCUT2D eigenvalue weighted by molar-refractivity contribution is 6.77. The molecule has 0 radical (unpaired) electrons. The first-order valence-corrected chi connectivity index (χ1v) is 13.0. The number of carbonyl (C=O) groups is 1. The number of ketones is 1. The van der Waals surface area contributed by atoms with Crippen LogP contribution in [0.1, 0.15) is 67.2 Å². The van der Waals surface area contributed by atoms with E-state index in [1.807, 2.05) is 12.2 Å². The number of halogens is 1. The van der Waals surface area contributed by atoms with Crippen molar-refractivity contribution in [1.82, 2.24) is 0 Å². The van der Waals surface area contributed by atoms with E-state index in [-0.39, 0.29) is 18.1 Å². The van der Waals surface area contributed by atoms with Gasteiger partial charge in [0.15, 0.2) is 4.87 Å². The van der Waals surface area contributed by atoms with Gasteiger partial charge in [-0.25, -0.2) is 0 Å². The van der Waals surface area contributed by atoms with Crippen LogP contribution in [0.5, 0.6) is 0 Å². The van der Waals surface area contributed by atoms with Crippen molar-refractivity contribution in [2.45, 2.75) is 94.3 Å². The molecule has 2 rings (SSSR count). The molecule has 2 aliphatic rings. The summed E-state index contributed by atoms with van der Waals surface area (Å²) in [6, 6.07) is 2.39. The van der Waals surface area contributed by atoms with Gasteiger partial charge in [-0.3, -0.25) is 4.79 Å². The van der Waals surface area contributed by atoms with Crippen LogP contribution in [0.15, 0.2) is 25.3 Å². The molecule has 0 amide bonds. The minimum atomic E-state index is -2.40. The van der Waals surface area contributed by atoms with Gasteiger partial charge in [0.1, 0.15) is 11.4 Å². The molecule has 2 bridgehead atoms. The van der Waals surface area contributed by atoms with Gasteiger partial charge in [0.2, 0.25) is 8.32 Å². The molecule has 0 aliphatic heterocycles. The number of fused-ring (bicyclic) bond motifs is 2. The maximum Gasteiger partial charge on any atom is 0.201 e. The third-order valence-corrected chi connectivity index (χ3v) is 14.3. The van der Waals surface area contributed by atoms with E-state index >= 15 is 0 Å². The fourth-order valence-corrected chi connectivity index (χ4v) is 12.9. The molecule has 2 fully saturated rings. The number of carbonyl (C=O) groups excluding carboxylic acids is 1. The zero-order valence-electron chi connectivity index (χ0n) is 18.3. The van der Waals surface area contributed by atoms with Gasteiger partial charge in [0.25, 0.3) is 0 Å². The summed E-state index contributed by atoms with van der Waals surface area (Å²) >= 11 is 7.06. The SMILES string of the molecule is C=CCC1(CC=C)[C@@H]2C[C@@](Cl)(C#N)[C@@]1(O[Si](C(C)C)(C(C)C)C(C)C)CC2=O. The standard InChI is InChI=1S/C23H36ClNO2Si/c1-9-11-21(12-10-2)19-13-22(24,15-25)23(21,14-20(19)26)27-28(16(3)4,17(5)6)18(7)8/h9-10,16-19H,1-2,11-14H2,3-8H3/t19-,22-,23-/m1/s1. The van der Waals surface area contributed by atoms with Crippen molar-refractivity contribution < 1.29 is 9.22 Å². The van der Waals surface area contributed by atoms with E-state index in [1.165, 1.54) is 0 Å². The number of hydrogen-bond acceptors (Lipinski definition) is 3. The summed E-state index contributed by atoms with van der Waals surface area (Å²) < 4.78 is 7.33. The van der Waals surface area contributed by atoms with Crippen LogP contribution in [0.3, 0.4) is 0 Å². The summed E-state index contributed by atoms with van der Waals surface area (Å²) in [5.74, 6) is -0.103. The van der Waals surface area contributed by atoms with Crippen LogP contribution in [0.4, 0.5) is 0 Å². The molecule has 3 atom stereocenters. The maximum atomic E-state index is 13.1. The Kier molecular flexibility index (Phi) is 6.47. The van der Waals surface area contributed by atoms with Crippen LogP contribution in [0.25, 0.3) is 0 Å². The van der Waals surface area contributed by atoms with Gasteiger partial charge < -0.3 is 4.43 Å². The van der Waals surface area contributed by atoms with Crippen LogP contribution in [-0.2, 0) is 9.22 Å². The quantitative estimate of drug-likeness (QED) is 0.241. The lowest BCUT2D eigenvalue weighted by atomic mass is 9.68. The average molecular weight is 422 g/mol. The Morgan fingerprint density at radius 1 is 1.18 bits per heavy atom. The number of nitriles is 1. The molecule has 0 aromatic heterocycles. The Labute approximate surface area is 177 Å². The Balaban J connectivity index is 2.82. The molecule has 0 heterocycles. The number of rotatable bonds is 9. The molecule has 0 aromatic carbocycles. The Morgan fingerprint density at radius 3 is 2.00 bits per heavy atom. The topological polar surface area (TPSA) is 50.1 Å². The molecule has 0 unspecified atom stereocenters. The summed E-state index contributed by atoms with van der Waals surface area (Å²) in [5, 5.41) is 10.2. The molecule has 3 nitrogen and oxygen atoms in total. The van der Waals surface area contributed by atoms with Gasteiger partial charge in [-0.15, -0.1) is 13.2 Å². The van der Waals surface area contributed by atoms with Gasteiger partial charge in [-0.05, 0) is 35.9 Å². The van der Waals surface area contributed by atoms with E-state index in [2.05, 4.69) is 60.8 Å². The summed E-state index contributed by atoms with van der Waals surface area (Å²) in [6.07, 6.45) is 5.49. The molecule has 2 aliphatic carbocycles. The van der Waals surface area contributed by atoms with Crippen molar-refractivity contribution in [2.24, 2.45) is 11.3 Å². The van der Waals surface area contributed by atoms with Crippen molar-refractivity contribution in [3.63, 3.8) is 0 Å². The lowest BCUT2D eigenvalue weighted by Gasteiger charge is -2.55.